The molecule has 0 aliphatic carbocycles. The first-order valence-electron chi connectivity index (χ1n) is 7.20. The Labute approximate surface area is 115 Å². The van der Waals surface area contributed by atoms with Gasteiger partial charge in [-0.2, -0.15) is 0 Å². The average Bonchev–Trinajstić information content (AvgIpc) is 2.92. The van der Waals surface area contributed by atoms with Gasteiger partial charge in [-0.25, -0.2) is 0 Å². The lowest BCUT2D eigenvalue weighted by atomic mass is 10.0. The number of benzene rings is 1. The number of rotatable bonds is 6. The monoisotopic (exact) mass is 261 g/mol. The van der Waals surface area contributed by atoms with Crippen molar-refractivity contribution < 1.29 is 9.90 Å². The van der Waals surface area contributed by atoms with E-state index >= 15 is 0 Å². The lowest BCUT2D eigenvalue weighted by molar-refractivity contribution is 0.0809. The summed E-state index contributed by atoms with van der Waals surface area (Å²) in [6.07, 6.45) is 4.12. The lowest BCUT2D eigenvalue weighted by Gasteiger charge is -2.29. The zero-order valence-electron chi connectivity index (χ0n) is 11.6. The fourth-order valence-corrected chi connectivity index (χ4v) is 3.00. The summed E-state index contributed by atoms with van der Waals surface area (Å²) in [5.74, 6) is 0.205. The molecule has 1 aliphatic heterocycles. The highest BCUT2D eigenvalue weighted by atomic mass is 16.2. The van der Waals surface area contributed by atoms with Crippen molar-refractivity contribution in [2.24, 2.45) is 0 Å². The summed E-state index contributed by atoms with van der Waals surface area (Å²) in [6.45, 7) is 3.24. The third-order valence-electron chi connectivity index (χ3n) is 4.05. The van der Waals surface area contributed by atoms with Gasteiger partial charge in [0.1, 0.15) is 0 Å². The van der Waals surface area contributed by atoms with Crippen molar-refractivity contribution in [3.8, 4) is 0 Å². The highest BCUT2D eigenvalue weighted by Crippen LogP contribution is 2.25. The number of nitrogens with zero attached hydrogens (tertiary/aromatic N) is 1. The molecule has 1 aromatic carbocycles. The molecule has 0 amide bonds. The van der Waals surface area contributed by atoms with Crippen molar-refractivity contribution in [1.29, 1.82) is 0 Å². The minimum Gasteiger partial charge on any atom is -0.396 e. The Balaban J connectivity index is 2.02. The molecule has 1 heterocycles. The predicted molar refractivity (Wildman–Crippen MR) is 76.3 cm³/mol. The van der Waals surface area contributed by atoms with E-state index in [9.17, 15) is 4.79 Å². The maximum Gasteiger partial charge on any atom is 0.179 e. The molecule has 0 aromatic heterocycles. The van der Waals surface area contributed by atoms with Crippen LogP contribution in [0.15, 0.2) is 30.3 Å². The molecule has 1 N–H and O–H groups in total. The van der Waals surface area contributed by atoms with E-state index in [1.54, 1.807) is 0 Å². The van der Waals surface area contributed by atoms with Crippen molar-refractivity contribution in [1.82, 2.24) is 4.90 Å². The van der Waals surface area contributed by atoms with Gasteiger partial charge in [-0.05, 0) is 39.2 Å². The standard InChI is InChI=1S/C16H23NO2/c1-13(16(19)14-7-3-2-4-8-14)17-11-5-9-15(17)10-6-12-18/h2-4,7-8,13,15,18H,5-6,9-12H2,1H3. The fraction of sp³-hybridized carbons (Fsp3) is 0.562. The van der Waals surface area contributed by atoms with Gasteiger partial charge >= 0.3 is 0 Å². The number of ketones is 1. The number of hydrogen-bond donors (Lipinski definition) is 1. The van der Waals surface area contributed by atoms with E-state index in [-0.39, 0.29) is 18.4 Å². The molecule has 1 aromatic rings. The smallest absolute Gasteiger partial charge is 0.179 e. The van der Waals surface area contributed by atoms with Crippen molar-refractivity contribution in [3.05, 3.63) is 35.9 Å². The predicted octanol–water partition coefficient (Wildman–Crippen LogP) is 2.49. The molecular formula is C16H23NO2. The van der Waals surface area contributed by atoms with E-state index < -0.39 is 0 Å². The first-order valence-corrected chi connectivity index (χ1v) is 7.20. The fourth-order valence-electron chi connectivity index (χ4n) is 3.00. The third kappa shape index (κ3) is 3.43. The number of aliphatic hydroxyl groups excluding tert-OH is 1. The molecule has 2 rings (SSSR count). The maximum atomic E-state index is 12.5. The van der Waals surface area contributed by atoms with Crippen LogP contribution >= 0.6 is 0 Å². The van der Waals surface area contributed by atoms with E-state index in [1.165, 1.54) is 0 Å². The average molecular weight is 261 g/mol. The summed E-state index contributed by atoms with van der Waals surface area (Å²) in [7, 11) is 0. The normalized spacial score (nSPS) is 21.5. The summed E-state index contributed by atoms with van der Waals surface area (Å²) in [6, 6.07) is 9.92. The molecule has 2 unspecified atom stereocenters. The van der Waals surface area contributed by atoms with Crippen molar-refractivity contribution in [2.75, 3.05) is 13.2 Å². The van der Waals surface area contributed by atoms with Crippen molar-refractivity contribution in [2.45, 2.75) is 44.7 Å². The van der Waals surface area contributed by atoms with Crippen LogP contribution in [0.1, 0.15) is 43.0 Å². The second kappa shape index (κ2) is 6.83. The molecule has 3 nitrogen and oxygen atoms in total. The SMILES string of the molecule is CC(C(=O)c1ccccc1)N1CCCC1CCCO. The van der Waals surface area contributed by atoms with Gasteiger partial charge in [0.2, 0.25) is 0 Å². The van der Waals surface area contributed by atoms with Gasteiger partial charge < -0.3 is 5.11 Å². The van der Waals surface area contributed by atoms with Crippen LogP contribution in [0.5, 0.6) is 0 Å². The number of aliphatic hydroxyl groups is 1. The summed E-state index contributed by atoms with van der Waals surface area (Å²) < 4.78 is 0. The highest BCUT2D eigenvalue weighted by molar-refractivity contribution is 5.99. The van der Waals surface area contributed by atoms with Crippen LogP contribution < -0.4 is 0 Å². The zero-order chi connectivity index (χ0) is 13.7. The molecule has 0 bridgehead atoms. The molecule has 1 fully saturated rings. The van der Waals surface area contributed by atoms with Gasteiger partial charge in [-0.1, -0.05) is 30.3 Å². The summed E-state index contributed by atoms with van der Waals surface area (Å²) in [5.41, 5.74) is 0.794. The lowest BCUT2D eigenvalue weighted by Crippen LogP contribution is -2.42. The Morgan fingerprint density at radius 1 is 1.42 bits per heavy atom. The molecule has 0 spiro atoms. The van der Waals surface area contributed by atoms with E-state index in [0.29, 0.717) is 6.04 Å². The highest BCUT2D eigenvalue weighted by Gasteiger charge is 2.31. The van der Waals surface area contributed by atoms with E-state index in [4.69, 9.17) is 5.11 Å². The Morgan fingerprint density at radius 2 is 2.16 bits per heavy atom. The van der Waals surface area contributed by atoms with Gasteiger partial charge in [0.05, 0.1) is 6.04 Å². The van der Waals surface area contributed by atoms with Gasteiger partial charge in [-0.3, -0.25) is 9.69 Å². The van der Waals surface area contributed by atoms with Crippen LogP contribution in [-0.2, 0) is 0 Å². The molecule has 1 aliphatic rings. The Morgan fingerprint density at radius 3 is 2.84 bits per heavy atom. The zero-order valence-corrected chi connectivity index (χ0v) is 11.6. The molecule has 3 heteroatoms. The topological polar surface area (TPSA) is 40.5 Å². The Hall–Kier alpha value is -1.19. The summed E-state index contributed by atoms with van der Waals surface area (Å²) in [5, 5.41) is 8.95. The first kappa shape index (κ1) is 14.2. The quantitative estimate of drug-likeness (QED) is 0.800. The van der Waals surface area contributed by atoms with Crippen molar-refractivity contribution >= 4 is 5.78 Å². The molecule has 0 radical (unpaired) electrons. The molecule has 0 saturated carbocycles. The minimum absolute atomic E-state index is 0.0615. The van der Waals surface area contributed by atoms with Crippen LogP contribution in [-0.4, -0.2) is 41.0 Å². The van der Waals surface area contributed by atoms with E-state index in [2.05, 4.69) is 4.90 Å². The molecule has 104 valence electrons. The second-order valence-corrected chi connectivity index (χ2v) is 5.31. The van der Waals surface area contributed by atoms with Crippen LogP contribution in [0.25, 0.3) is 0 Å². The van der Waals surface area contributed by atoms with Gasteiger partial charge in [0.25, 0.3) is 0 Å². The number of Topliss-reactive ketones (excluding diaryl/α,β-unsaturated/α-hetero) is 1. The second-order valence-electron chi connectivity index (χ2n) is 5.31. The number of likely N-dealkylation sites (tertiary alicyclic amines) is 1. The molecule has 19 heavy (non-hydrogen) atoms. The van der Waals surface area contributed by atoms with Gasteiger partial charge in [0, 0.05) is 18.2 Å². The Kier molecular flexibility index (Phi) is 5.11. The third-order valence-corrected chi connectivity index (χ3v) is 4.05. The molecular weight excluding hydrogens is 238 g/mol. The van der Waals surface area contributed by atoms with Gasteiger partial charge in [0.15, 0.2) is 5.78 Å². The van der Waals surface area contributed by atoms with Crippen LogP contribution in [0.2, 0.25) is 0 Å². The molecule has 2 atom stereocenters. The summed E-state index contributed by atoms with van der Waals surface area (Å²) >= 11 is 0. The van der Waals surface area contributed by atoms with Crippen LogP contribution in [0.4, 0.5) is 0 Å². The minimum atomic E-state index is -0.0615. The summed E-state index contributed by atoms with van der Waals surface area (Å²) in [4.78, 5) is 14.8. The number of carbonyl (C=O) groups is 1. The van der Waals surface area contributed by atoms with E-state index in [1.807, 2.05) is 37.3 Å². The first-order chi connectivity index (χ1) is 9.24. The van der Waals surface area contributed by atoms with Gasteiger partial charge in [-0.15, -0.1) is 0 Å². The van der Waals surface area contributed by atoms with Crippen molar-refractivity contribution in [3.63, 3.8) is 0 Å². The van der Waals surface area contributed by atoms with Crippen LogP contribution in [0, 0.1) is 0 Å². The largest absolute Gasteiger partial charge is 0.396 e. The Bertz CT molecular complexity index is 404. The van der Waals surface area contributed by atoms with Crippen LogP contribution in [0.3, 0.4) is 0 Å². The number of hydrogen-bond acceptors (Lipinski definition) is 3. The number of carbonyl (C=O) groups excluding carboxylic acids is 1. The maximum absolute atomic E-state index is 12.5. The van der Waals surface area contributed by atoms with E-state index in [0.717, 1.165) is 37.8 Å². The molecule has 1 saturated heterocycles.